The molecular weight excluding hydrogens is 344 g/mol. The van der Waals surface area contributed by atoms with Gasteiger partial charge in [0.1, 0.15) is 5.75 Å². The van der Waals surface area contributed by atoms with Crippen LogP contribution >= 0.6 is 0 Å². The number of H-pyrrole nitrogens is 1. The number of hydrogen-bond donors (Lipinski definition) is 3. The lowest BCUT2D eigenvalue weighted by atomic mass is 10.0. The van der Waals surface area contributed by atoms with Gasteiger partial charge in [-0.1, -0.05) is 17.7 Å². The van der Waals surface area contributed by atoms with Gasteiger partial charge in [-0.25, -0.2) is 4.98 Å². The summed E-state index contributed by atoms with van der Waals surface area (Å²) in [5, 5.41) is 5.32. The predicted molar refractivity (Wildman–Crippen MR) is 104 cm³/mol. The molecule has 3 N–H and O–H groups in total. The number of anilines is 1. The van der Waals surface area contributed by atoms with E-state index in [4.69, 9.17) is 4.74 Å². The van der Waals surface area contributed by atoms with Crippen LogP contribution in [-0.2, 0) is 9.59 Å². The standard InChI is InChI=1S/C20H22N4O3/c1-4-27-18-8-5-12(2)9-15(18)13(3)23-19(25)20(26)24-14-6-7-16-17(10-14)22-11-21-16/h5-11,13H,4H2,1-3H3,(H,21,22)(H,23,25)(H,24,26). The van der Waals surface area contributed by atoms with Crippen molar-refractivity contribution >= 4 is 28.5 Å². The van der Waals surface area contributed by atoms with Gasteiger partial charge in [0.2, 0.25) is 0 Å². The molecule has 1 heterocycles. The Labute approximate surface area is 157 Å². The second-order valence-corrected chi connectivity index (χ2v) is 6.26. The van der Waals surface area contributed by atoms with Crippen LogP contribution in [0.15, 0.2) is 42.7 Å². The smallest absolute Gasteiger partial charge is 0.313 e. The van der Waals surface area contributed by atoms with E-state index >= 15 is 0 Å². The molecule has 0 saturated heterocycles. The fraction of sp³-hybridized carbons (Fsp3) is 0.250. The number of amides is 2. The van der Waals surface area contributed by atoms with E-state index in [0.29, 0.717) is 18.0 Å². The largest absolute Gasteiger partial charge is 0.494 e. The number of aromatic nitrogens is 2. The van der Waals surface area contributed by atoms with E-state index in [1.54, 1.807) is 24.5 Å². The third-order valence-electron chi connectivity index (χ3n) is 4.16. The first-order valence-electron chi connectivity index (χ1n) is 8.76. The fourth-order valence-electron chi connectivity index (χ4n) is 2.83. The molecule has 7 nitrogen and oxygen atoms in total. The van der Waals surface area contributed by atoms with Crippen molar-refractivity contribution in [1.82, 2.24) is 15.3 Å². The van der Waals surface area contributed by atoms with Crippen molar-refractivity contribution in [3.05, 3.63) is 53.9 Å². The van der Waals surface area contributed by atoms with Gasteiger partial charge in [-0.2, -0.15) is 0 Å². The van der Waals surface area contributed by atoms with Crippen LogP contribution in [-0.4, -0.2) is 28.4 Å². The maximum Gasteiger partial charge on any atom is 0.313 e. The van der Waals surface area contributed by atoms with Gasteiger partial charge in [0.05, 0.1) is 30.0 Å². The Kier molecular flexibility index (Phi) is 5.40. The number of fused-ring (bicyclic) bond motifs is 1. The topological polar surface area (TPSA) is 96.1 Å². The van der Waals surface area contributed by atoms with Crippen LogP contribution in [0.1, 0.15) is 31.0 Å². The minimum Gasteiger partial charge on any atom is -0.494 e. The van der Waals surface area contributed by atoms with Gasteiger partial charge in [0.15, 0.2) is 0 Å². The average molecular weight is 366 g/mol. The quantitative estimate of drug-likeness (QED) is 0.605. The zero-order valence-electron chi connectivity index (χ0n) is 15.5. The number of aryl methyl sites for hydroxylation is 1. The Bertz CT molecular complexity index is 980. The summed E-state index contributed by atoms with van der Waals surface area (Å²) < 4.78 is 5.62. The van der Waals surface area contributed by atoms with E-state index in [-0.39, 0.29) is 6.04 Å². The van der Waals surface area contributed by atoms with Crippen LogP contribution in [0.25, 0.3) is 11.0 Å². The van der Waals surface area contributed by atoms with E-state index in [0.717, 1.165) is 22.2 Å². The molecule has 3 rings (SSSR count). The number of imidazole rings is 1. The van der Waals surface area contributed by atoms with Crippen LogP contribution in [0.4, 0.5) is 5.69 Å². The van der Waals surface area contributed by atoms with E-state index < -0.39 is 11.8 Å². The SMILES string of the molecule is CCOc1ccc(C)cc1C(C)NC(=O)C(=O)Nc1ccc2nc[nH]c2c1. The lowest BCUT2D eigenvalue weighted by Crippen LogP contribution is -2.37. The Morgan fingerprint density at radius 3 is 2.78 bits per heavy atom. The molecule has 2 amide bonds. The maximum atomic E-state index is 12.3. The predicted octanol–water partition coefficient (Wildman–Crippen LogP) is 3.09. The number of hydrogen-bond acceptors (Lipinski definition) is 4. The maximum absolute atomic E-state index is 12.3. The van der Waals surface area contributed by atoms with Gasteiger partial charge in [-0.15, -0.1) is 0 Å². The van der Waals surface area contributed by atoms with Gasteiger partial charge in [0, 0.05) is 11.3 Å². The number of carbonyl (C=O) groups excluding carboxylic acids is 2. The van der Waals surface area contributed by atoms with Gasteiger partial charge in [0.25, 0.3) is 0 Å². The fourth-order valence-corrected chi connectivity index (χ4v) is 2.83. The molecule has 0 bridgehead atoms. The number of nitrogens with zero attached hydrogens (tertiary/aromatic N) is 1. The summed E-state index contributed by atoms with van der Waals surface area (Å²) in [7, 11) is 0. The molecular formula is C20H22N4O3. The monoisotopic (exact) mass is 366 g/mol. The van der Waals surface area contributed by atoms with Crippen molar-refractivity contribution < 1.29 is 14.3 Å². The Morgan fingerprint density at radius 1 is 1.19 bits per heavy atom. The van der Waals surface area contributed by atoms with Crippen molar-refractivity contribution in [2.75, 3.05) is 11.9 Å². The number of ether oxygens (including phenoxy) is 1. The summed E-state index contributed by atoms with van der Waals surface area (Å²) in [6.45, 7) is 6.20. The first-order chi connectivity index (χ1) is 13.0. The highest BCUT2D eigenvalue weighted by Crippen LogP contribution is 2.26. The molecule has 2 aromatic carbocycles. The second-order valence-electron chi connectivity index (χ2n) is 6.26. The van der Waals surface area contributed by atoms with Gasteiger partial charge in [-0.05, 0) is 45.0 Å². The number of benzene rings is 2. The van der Waals surface area contributed by atoms with Crippen LogP contribution in [0.5, 0.6) is 5.75 Å². The highest BCUT2D eigenvalue weighted by atomic mass is 16.5. The summed E-state index contributed by atoms with van der Waals surface area (Å²) in [6.07, 6.45) is 1.57. The van der Waals surface area contributed by atoms with Crippen LogP contribution in [0, 0.1) is 6.92 Å². The summed E-state index contributed by atoms with van der Waals surface area (Å²) in [4.78, 5) is 31.6. The molecule has 0 saturated carbocycles. The molecule has 1 aromatic heterocycles. The molecule has 0 spiro atoms. The molecule has 0 aliphatic heterocycles. The van der Waals surface area contributed by atoms with Gasteiger partial charge in [-0.3, -0.25) is 9.59 Å². The summed E-state index contributed by atoms with van der Waals surface area (Å²) in [5.74, 6) is -0.747. The van der Waals surface area contributed by atoms with E-state index in [2.05, 4.69) is 20.6 Å². The molecule has 1 atom stereocenters. The molecule has 0 aliphatic carbocycles. The Morgan fingerprint density at radius 2 is 2.00 bits per heavy atom. The normalized spacial score (nSPS) is 11.8. The average Bonchev–Trinajstić information content (AvgIpc) is 3.11. The van der Waals surface area contributed by atoms with Crippen molar-refractivity contribution in [2.45, 2.75) is 26.8 Å². The first kappa shape index (κ1) is 18.4. The number of rotatable bonds is 5. The summed E-state index contributed by atoms with van der Waals surface area (Å²) in [5.41, 5.74) is 3.96. The molecule has 0 aliphatic rings. The molecule has 0 fully saturated rings. The van der Waals surface area contributed by atoms with E-state index in [1.165, 1.54) is 0 Å². The van der Waals surface area contributed by atoms with Crippen molar-refractivity contribution in [2.24, 2.45) is 0 Å². The minimum absolute atomic E-state index is 0.375. The van der Waals surface area contributed by atoms with E-state index in [9.17, 15) is 9.59 Å². The molecule has 140 valence electrons. The lowest BCUT2D eigenvalue weighted by molar-refractivity contribution is -0.136. The molecule has 1 unspecified atom stereocenters. The second kappa shape index (κ2) is 7.90. The lowest BCUT2D eigenvalue weighted by Gasteiger charge is -2.18. The minimum atomic E-state index is -0.730. The third kappa shape index (κ3) is 4.25. The Hall–Kier alpha value is -3.35. The van der Waals surface area contributed by atoms with Crippen molar-refractivity contribution in [3.8, 4) is 5.75 Å². The number of nitrogens with one attached hydrogen (secondary N) is 3. The van der Waals surface area contributed by atoms with Gasteiger partial charge >= 0.3 is 11.8 Å². The number of carbonyl (C=O) groups is 2. The van der Waals surface area contributed by atoms with Crippen LogP contribution < -0.4 is 15.4 Å². The van der Waals surface area contributed by atoms with Crippen molar-refractivity contribution in [1.29, 1.82) is 0 Å². The number of aromatic amines is 1. The van der Waals surface area contributed by atoms with Crippen LogP contribution in [0.2, 0.25) is 0 Å². The molecule has 27 heavy (non-hydrogen) atoms. The molecule has 7 heteroatoms. The molecule has 3 aromatic rings. The highest BCUT2D eigenvalue weighted by Gasteiger charge is 2.20. The molecule has 0 radical (unpaired) electrons. The summed E-state index contributed by atoms with van der Waals surface area (Å²) in [6, 6.07) is 10.6. The first-order valence-corrected chi connectivity index (χ1v) is 8.76. The van der Waals surface area contributed by atoms with E-state index in [1.807, 2.05) is 39.0 Å². The zero-order chi connectivity index (χ0) is 19.4. The third-order valence-corrected chi connectivity index (χ3v) is 4.16. The highest BCUT2D eigenvalue weighted by molar-refractivity contribution is 6.39. The zero-order valence-corrected chi connectivity index (χ0v) is 15.5. The summed E-state index contributed by atoms with van der Waals surface area (Å²) >= 11 is 0. The van der Waals surface area contributed by atoms with Gasteiger partial charge < -0.3 is 20.4 Å². The van der Waals surface area contributed by atoms with Crippen molar-refractivity contribution in [3.63, 3.8) is 0 Å². The van der Waals surface area contributed by atoms with Crippen LogP contribution in [0.3, 0.4) is 0 Å². The Balaban J connectivity index is 1.68.